The molecule has 0 saturated heterocycles. The van der Waals surface area contributed by atoms with Gasteiger partial charge in [0.25, 0.3) is 0 Å². The number of hydrogen-bond donors (Lipinski definition) is 1. The van der Waals surface area contributed by atoms with E-state index >= 15 is 0 Å². The predicted octanol–water partition coefficient (Wildman–Crippen LogP) is 4.59. The minimum Gasteiger partial charge on any atom is -0.497 e. The fraction of sp³-hybridized carbons (Fsp3) is 0.0769. The zero-order valence-electron chi connectivity index (χ0n) is 9.61. The Balaban J connectivity index is 2.30. The van der Waals surface area contributed by atoms with Crippen LogP contribution >= 0.6 is 31.9 Å². The molecule has 0 atom stereocenters. The molecule has 0 amide bonds. The molecule has 0 saturated carbocycles. The number of ether oxygens (including phenoxy) is 2. The standard InChI is InChI=1S/C13H11Br2NO2/c1-17-10-5-9(16)6-11(7-10)18-13-3-2-8(14)4-12(13)15/h2-7H,16H2,1H3. The summed E-state index contributed by atoms with van der Waals surface area (Å²) >= 11 is 6.83. The van der Waals surface area contributed by atoms with E-state index in [1.165, 1.54) is 0 Å². The van der Waals surface area contributed by atoms with Crippen LogP contribution in [-0.4, -0.2) is 7.11 Å². The van der Waals surface area contributed by atoms with E-state index in [0.717, 1.165) is 8.95 Å². The van der Waals surface area contributed by atoms with Gasteiger partial charge in [-0.15, -0.1) is 0 Å². The number of methoxy groups -OCH3 is 1. The molecule has 18 heavy (non-hydrogen) atoms. The second-order valence-electron chi connectivity index (χ2n) is 3.62. The molecule has 3 nitrogen and oxygen atoms in total. The Morgan fingerprint density at radius 1 is 1.00 bits per heavy atom. The second-order valence-corrected chi connectivity index (χ2v) is 5.39. The number of halogens is 2. The lowest BCUT2D eigenvalue weighted by Gasteiger charge is -2.10. The largest absolute Gasteiger partial charge is 0.497 e. The highest BCUT2D eigenvalue weighted by molar-refractivity contribution is 9.11. The zero-order chi connectivity index (χ0) is 13.1. The molecule has 0 aliphatic heterocycles. The van der Waals surface area contributed by atoms with Crippen molar-refractivity contribution in [3.63, 3.8) is 0 Å². The lowest BCUT2D eigenvalue weighted by molar-refractivity contribution is 0.409. The first-order valence-electron chi connectivity index (χ1n) is 5.16. The average molecular weight is 373 g/mol. The smallest absolute Gasteiger partial charge is 0.141 e. The molecule has 0 aliphatic carbocycles. The van der Waals surface area contributed by atoms with Gasteiger partial charge in [-0.25, -0.2) is 0 Å². The first-order valence-corrected chi connectivity index (χ1v) is 6.74. The molecule has 0 bridgehead atoms. The van der Waals surface area contributed by atoms with Crippen LogP contribution in [0.5, 0.6) is 17.2 Å². The van der Waals surface area contributed by atoms with Gasteiger partial charge < -0.3 is 15.2 Å². The summed E-state index contributed by atoms with van der Waals surface area (Å²) in [4.78, 5) is 0. The highest BCUT2D eigenvalue weighted by atomic mass is 79.9. The van der Waals surface area contributed by atoms with Gasteiger partial charge in [-0.3, -0.25) is 0 Å². The SMILES string of the molecule is COc1cc(N)cc(Oc2ccc(Br)cc2Br)c1. The Morgan fingerprint density at radius 2 is 1.72 bits per heavy atom. The number of anilines is 1. The summed E-state index contributed by atoms with van der Waals surface area (Å²) in [6, 6.07) is 11.0. The van der Waals surface area contributed by atoms with E-state index in [9.17, 15) is 0 Å². The summed E-state index contributed by atoms with van der Waals surface area (Å²) in [7, 11) is 1.59. The third-order valence-corrected chi connectivity index (χ3v) is 3.37. The molecule has 94 valence electrons. The van der Waals surface area contributed by atoms with Gasteiger partial charge in [-0.2, -0.15) is 0 Å². The van der Waals surface area contributed by atoms with Crippen molar-refractivity contribution in [2.24, 2.45) is 0 Å². The summed E-state index contributed by atoms with van der Waals surface area (Å²) in [5.41, 5.74) is 6.37. The zero-order valence-corrected chi connectivity index (χ0v) is 12.8. The van der Waals surface area contributed by atoms with Crippen molar-refractivity contribution in [2.75, 3.05) is 12.8 Å². The number of nitrogen functional groups attached to an aromatic ring is 1. The van der Waals surface area contributed by atoms with E-state index in [2.05, 4.69) is 31.9 Å². The van der Waals surface area contributed by atoms with Gasteiger partial charge in [-0.1, -0.05) is 15.9 Å². The van der Waals surface area contributed by atoms with Crippen LogP contribution < -0.4 is 15.2 Å². The highest BCUT2D eigenvalue weighted by Crippen LogP contribution is 2.34. The molecule has 0 radical (unpaired) electrons. The van der Waals surface area contributed by atoms with Crippen molar-refractivity contribution < 1.29 is 9.47 Å². The summed E-state index contributed by atoms with van der Waals surface area (Å²) in [5.74, 6) is 2.01. The van der Waals surface area contributed by atoms with E-state index < -0.39 is 0 Å². The van der Waals surface area contributed by atoms with Crippen molar-refractivity contribution in [2.45, 2.75) is 0 Å². The topological polar surface area (TPSA) is 44.5 Å². The summed E-state index contributed by atoms with van der Waals surface area (Å²) in [5, 5.41) is 0. The van der Waals surface area contributed by atoms with Crippen LogP contribution in [-0.2, 0) is 0 Å². The molecule has 0 aromatic heterocycles. The number of rotatable bonds is 3. The lowest BCUT2D eigenvalue weighted by atomic mass is 10.3. The van der Waals surface area contributed by atoms with E-state index in [1.807, 2.05) is 18.2 Å². The second kappa shape index (κ2) is 5.63. The number of hydrogen-bond acceptors (Lipinski definition) is 3. The summed E-state index contributed by atoms with van der Waals surface area (Å²) < 4.78 is 12.7. The fourth-order valence-corrected chi connectivity index (χ4v) is 2.58. The van der Waals surface area contributed by atoms with Gasteiger partial charge in [0.1, 0.15) is 17.2 Å². The first kappa shape index (κ1) is 13.2. The molecule has 2 N–H and O–H groups in total. The van der Waals surface area contributed by atoms with Crippen molar-refractivity contribution >= 4 is 37.5 Å². The van der Waals surface area contributed by atoms with Gasteiger partial charge in [0.2, 0.25) is 0 Å². The molecule has 5 heteroatoms. The maximum Gasteiger partial charge on any atom is 0.141 e. The van der Waals surface area contributed by atoms with E-state index in [4.69, 9.17) is 15.2 Å². The number of benzene rings is 2. The quantitative estimate of drug-likeness (QED) is 0.801. The Kier molecular flexibility index (Phi) is 4.14. The third-order valence-electron chi connectivity index (χ3n) is 2.26. The van der Waals surface area contributed by atoms with E-state index in [1.54, 1.807) is 25.3 Å². The van der Waals surface area contributed by atoms with Crippen molar-refractivity contribution in [3.05, 3.63) is 45.3 Å². The van der Waals surface area contributed by atoms with Gasteiger partial charge in [0, 0.05) is 28.4 Å². The maximum atomic E-state index is 5.77. The molecule has 2 aromatic carbocycles. The summed E-state index contributed by atoms with van der Waals surface area (Å²) in [6.45, 7) is 0. The Bertz CT molecular complexity index is 573. The molecule has 0 aliphatic rings. The van der Waals surface area contributed by atoms with Crippen molar-refractivity contribution in [1.82, 2.24) is 0 Å². The maximum absolute atomic E-state index is 5.77. The molecule has 0 spiro atoms. The molecular weight excluding hydrogens is 362 g/mol. The molecular formula is C13H11Br2NO2. The number of nitrogens with two attached hydrogens (primary N) is 1. The van der Waals surface area contributed by atoms with E-state index in [0.29, 0.717) is 22.9 Å². The van der Waals surface area contributed by atoms with Gasteiger partial charge >= 0.3 is 0 Å². The first-order chi connectivity index (χ1) is 8.58. The van der Waals surface area contributed by atoms with Crippen LogP contribution in [0.25, 0.3) is 0 Å². The normalized spacial score (nSPS) is 10.2. The lowest BCUT2D eigenvalue weighted by Crippen LogP contribution is -1.91. The molecule has 0 heterocycles. The van der Waals surface area contributed by atoms with Crippen LogP contribution in [0.4, 0.5) is 5.69 Å². The monoisotopic (exact) mass is 371 g/mol. The molecule has 0 unspecified atom stereocenters. The van der Waals surface area contributed by atoms with Crippen LogP contribution in [0, 0.1) is 0 Å². The molecule has 2 rings (SSSR count). The Labute approximate surface area is 122 Å². The van der Waals surface area contributed by atoms with Gasteiger partial charge in [0.05, 0.1) is 11.6 Å². The van der Waals surface area contributed by atoms with Crippen molar-refractivity contribution in [1.29, 1.82) is 0 Å². The van der Waals surface area contributed by atoms with Crippen LogP contribution in [0.2, 0.25) is 0 Å². The van der Waals surface area contributed by atoms with Crippen LogP contribution in [0.15, 0.2) is 45.3 Å². The van der Waals surface area contributed by atoms with E-state index in [-0.39, 0.29) is 0 Å². The van der Waals surface area contributed by atoms with Crippen molar-refractivity contribution in [3.8, 4) is 17.2 Å². The predicted molar refractivity (Wildman–Crippen MR) is 79.3 cm³/mol. The minimum absolute atomic E-state index is 0.595. The average Bonchev–Trinajstić information content (AvgIpc) is 2.32. The van der Waals surface area contributed by atoms with Gasteiger partial charge in [-0.05, 0) is 34.1 Å². The highest BCUT2D eigenvalue weighted by Gasteiger charge is 2.05. The van der Waals surface area contributed by atoms with Gasteiger partial charge in [0.15, 0.2) is 0 Å². The summed E-state index contributed by atoms with van der Waals surface area (Å²) in [6.07, 6.45) is 0. The Morgan fingerprint density at radius 3 is 2.39 bits per heavy atom. The van der Waals surface area contributed by atoms with Crippen LogP contribution in [0.3, 0.4) is 0 Å². The fourth-order valence-electron chi connectivity index (χ4n) is 1.46. The molecule has 2 aromatic rings. The Hall–Kier alpha value is -1.20. The molecule has 0 fully saturated rings. The van der Waals surface area contributed by atoms with Crippen LogP contribution in [0.1, 0.15) is 0 Å². The third kappa shape index (κ3) is 3.17. The minimum atomic E-state index is 0.595.